The third-order valence-electron chi connectivity index (χ3n) is 2.18. The van der Waals surface area contributed by atoms with E-state index < -0.39 is 10.0 Å². The van der Waals surface area contributed by atoms with Gasteiger partial charge in [-0.25, -0.2) is 18.1 Å². The molecule has 0 aliphatic heterocycles. The van der Waals surface area contributed by atoms with Gasteiger partial charge in [0.15, 0.2) is 15.8 Å². The molecule has 8 heteroatoms. The summed E-state index contributed by atoms with van der Waals surface area (Å²) in [6.07, 6.45) is 1.65. The van der Waals surface area contributed by atoms with E-state index in [-0.39, 0.29) is 16.8 Å². The lowest BCUT2D eigenvalue weighted by Crippen LogP contribution is -2.29. The van der Waals surface area contributed by atoms with Crippen LogP contribution in [0.5, 0.6) is 0 Å². The first-order chi connectivity index (χ1) is 7.92. The quantitative estimate of drug-likeness (QED) is 0.867. The maximum atomic E-state index is 12.1. The van der Waals surface area contributed by atoms with Crippen molar-refractivity contribution < 1.29 is 8.42 Å². The molecule has 0 unspecified atom stereocenters. The first-order valence-electron chi connectivity index (χ1n) is 5.12. The highest BCUT2D eigenvalue weighted by molar-refractivity contribution is 7.89. The predicted octanol–water partition coefficient (Wildman–Crippen LogP) is 0.912. The van der Waals surface area contributed by atoms with Gasteiger partial charge in [-0.1, -0.05) is 13.8 Å². The Labute approximate surface area is 104 Å². The lowest BCUT2D eigenvalue weighted by molar-refractivity contribution is 0.556. The first-order valence-corrected chi connectivity index (χ1v) is 7.49. The van der Waals surface area contributed by atoms with Crippen molar-refractivity contribution >= 4 is 32.1 Å². The van der Waals surface area contributed by atoms with Gasteiger partial charge in [0, 0.05) is 18.1 Å². The minimum Gasteiger partial charge on any atom is -0.381 e. The molecule has 2 aromatic rings. The van der Waals surface area contributed by atoms with Crippen LogP contribution in [0, 0.1) is 5.92 Å². The Bertz CT molecular complexity index is 627. The van der Waals surface area contributed by atoms with Crippen molar-refractivity contribution in [2.75, 3.05) is 12.3 Å². The largest absolute Gasteiger partial charge is 0.381 e. The van der Waals surface area contributed by atoms with Crippen LogP contribution in [0.3, 0.4) is 0 Å². The number of imidazole rings is 1. The number of hydrogen-bond acceptors (Lipinski definition) is 5. The Morgan fingerprint density at radius 2 is 2.29 bits per heavy atom. The number of thiazole rings is 1. The Morgan fingerprint density at radius 1 is 1.59 bits per heavy atom. The summed E-state index contributed by atoms with van der Waals surface area (Å²) >= 11 is 1.34. The molecule has 0 aromatic carbocycles. The van der Waals surface area contributed by atoms with Crippen LogP contribution in [-0.2, 0) is 10.0 Å². The molecule has 0 fully saturated rings. The lowest BCUT2D eigenvalue weighted by atomic mass is 10.2. The van der Waals surface area contributed by atoms with E-state index in [1.807, 2.05) is 13.8 Å². The van der Waals surface area contributed by atoms with Crippen LogP contribution in [0.15, 0.2) is 16.6 Å². The van der Waals surface area contributed by atoms with Gasteiger partial charge in [-0.3, -0.25) is 4.40 Å². The van der Waals surface area contributed by atoms with Gasteiger partial charge in [-0.2, -0.15) is 0 Å². The number of nitrogens with two attached hydrogens (primary N) is 1. The third-order valence-corrected chi connectivity index (χ3v) is 4.40. The molecule has 0 bridgehead atoms. The number of nitrogens with one attached hydrogen (secondary N) is 1. The first kappa shape index (κ1) is 12.3. The van der Waals surface area contributed by atoms with Gasteiger partial charge in [-0.05, 0) is 5.92 Å². The summed E-state index contributed by atoms with van der Waals surface area (Å²) < 4.78 is 28.2. The van der Waals surface area contributed by atoms with Crippen molar-refractivity contribution in [1.82, 2.24) is 14.1 Å². The molecular formula is C9H14N4O2S2. The minimum absolute atomic E-state index is 0.0226. The van der Waals surface area contributed by atoms with Gasteiger partial charge in [0.25, 0.3) is 10.0 Å². The van der Waals surface area contributed by atoms with Gasteiger partial charge in [0.2, 0.25) is 0 Å². The SMILES string of the molecule is CC(C)CNS(=O)(=O)c1c(N)nc2sccn12. The molecule has 0 amide bonds. The lowest BCUT2D eigenvalue weighted by Gasteiger charge is -2.08. The number of rotatable bonds is 4. The molecule has 0 aliphatic rings. The third kappa shape index (κ3) is 2.28. The molecule has 0 radical (unpaired) electrons. The highest BCUT2D eigenvalue weighted by Crippen LogP contribution is 2.23. The Balaban J connectivity index is 2.44. The topological polar surface area (TPSA) is 89.5 Å². The van der Waals surface area contributed by atoms with Crippen LogP contribution in [0.1, 0.15) is 13.8 Å². The molecule has 2 heterocycles. The monoisotopic (exact) mass is 274 g/mol. The second kappa shape index (κ2) is 4.28. The van der Waals surface area contributed by atoms with E-state index in [9.17, 15) is 8.42 Å². The number of aromatic nitrogens is 2. The van der Waals surface area contributed by atoms with Crippen LogP contribution < -0.4 is 10.5 Å². The second-order valence-electron chi connectivity index (χ2n) is 4.10. The van der Waals surface area contributed by atoms with Gasteiger partial charge in [0.05, 0.1) is 0 Å². The summed E-state index contributed by atoms with van der Waals surface area (Å²) in [4.78, 5) is 4.58. The standard InChI is InChI=1S/C9H14N4O2S2/c1-6(2)5-11-17(14,15)8-7(10)12-9-13(8)3-4-16-9/h3-4,6,11H,5,10H2,1-2H3. The molecule has 2 aromatic heterocycles. The highest BCUT2D eigenvalue weighted by atomic mass is 32.2. The average molecular weight is 274 g/mol. The number of fused-ring (bicyclic) bond motifs is 1. The normalized spacial score (nSPS) is 12.6. The Morgan fingerprint density at radius 3 is 2.94 bits per heavy atom. The Hall–Kier alpha value is -1.12. The van der Waals surface area contributed by atoms with E-state index >= 15 is 0 Å². The summed E-state index contributed by atoms with van der Waals surface area (Å²) in [5.74, 6) is 0.269. The van der Waals surface area contributed by atoms with Crippen LogP contribution >= 0.6 is 11.3 Å². The maximum absolute atomic E-state index is 12.1. The number of nitrogens with zero attached hydrogens (tertiary/aromatic N) is 2. The van der Waals surface area contributed by atoms with Gasteiger partial charge in [0.1, 0.15) is 0 Å². The Kier molecular flexibility index (Phi) is 3.11. The fraction of sp³-hybridized carbons (Fsp3) is 0.444. The summed E-state index contributed by atoms with van der Waals surface area (Å²) in [6.45, 7) is 4.24. The van der Waals surface area contributed by atoms with E-state index in [0.29, 0.717) is 11.5 Å². The number of sulfonamides is 1. The number of anilines is 1. The fourth-order valence-electron chi connectivity index (χ4n) is 1.39. The van der Waals surface area contributed by atoms with Crippen molar-refractivity contribution in [3.8, 4) is 0 Å². The molecule has 0 atom stereocenters. The van der Waals surface area contributed by atoms with E-state index in [1.54, 1.807) is 11.6 Å². The van der Waals surface area contributed by atoms with Crippen molar-refractivity contribution in [3.63, 3.8) is 0 Å². The molecule has 0 aliphatic carbocycles. The fourth-order valence-corrected chi connectivity index (χ4v) is 3.59. The van der Waals surface area contributed by atoms with E-state index in [1.165, 1.54) is 15.7 Å². The van der Waals surface area contributed by atoms with Gasteiger partial charge < -0.3 is 5.73 Å². The summed E-state index contributed by atoms with van der Waals surface area (Å²) in [5.41, 5.74) is 5.65. The van der Waals surface area contributed by atoms with E-state index in [2.05, 4.69) is 9.71 Å². The van der Waals surface area contributed by atoms with Crippen molar-refractivity contribution in [2.24, 2.45) is 5.92 Å². The van der Waals surface area contributed by atoms with Crippen LogP contribution in [-0.4, -0.2) is 24.3 Å². The van der Waals surface area contributed by atoms with Gasteiger partial charge in [-0.15, -0.1) is 11.3 Å². The molecule has 94 valence electrons. The molecule has 0 spiro atoms. The number of hydrogen-bond donors (Lipinski definition) is 2. The minimum atomic E-state index is -3.61. The van der Waals surface area contributed by atoms with Crippen molar-refractivity contribution in [3.05, 3.63) is 11.6 Å². The van der Waals surface area contributed by atoms with E-state index in [4.69, 9.17) is 5.73 Å². The molecule has 0 saturated carbocycles. The average Bonchev–Trinajstić information content (AvgIpc) is 2.73. The molecule has 17 heavy (non-hydrogen) atoms. The predicted molar refractivity (Wildman–Crippen MR) is 67.5 cm³/mol. The number of nitrogen functional groups attached to an aromatic ring is 1. The van der Waals surface area contributed by atoms with Crippen LogP contribution in [0.2, 0.25) is 0 Å². The zero-order valence-corrected chi connectivity index (χ0v) is 11.2. The van der Waals surface area contributed by atoms with Gasteiger partial charge >= 0.3 is 0 Å². The van der Waals surface area contributed by atoms with E-state index in [0.717, 1.165) is 0 Å². The molecule has 2 rings (SSSR count). The van der Waals surface area contributed by atoms with Crippen LogP contribution in [0.25, 0.3) is 4.96 Å². The molecule has 3 N–H and O–H groups in total. The molecule has 0 saturated heterocycles. The maximum Gasteiger partial charge on any atom is 0.260 e. The van der Waals surface area contributed by atoms with Crippen molar-refractivity contribution in [2.45, 2.75) is 18.9 Å². The molecular weight excluding hydrogens is 260 g/mol. The zero-order chi connectivity index (χ0) is 12.6. The molecule has 6 nitrogen and oxygen atoms in total. The smallest absolute Gasteiger partial charge is 0.260 e. The second-order valence-corrected chi connectivity index (χ2v) is 6.66. The zero-order valence-electron chi connectivity index (χ0n) is 9.54. The van der Waals surface area contributed by atoms with Crippen molar-refractivity contribution in [1.29, 1.82) is 0 Å². The summed E-state index contributed by atoms with van der Waals surface area (Å²) in [6, 6.07) is 0. The summed E-state index contributed by atoms with van der Waals surface area (Å²) in [5, 5.41) is 1.79. The summed E-state index contributed by atoms with van der Waals surface area (Å²) in [7, 11) is -3.61. The van der Waals surface area contributed by atoms with Crippen LogP contribution in [0.4, 0.5) is 5.82 Å². The highest BCUT2D eigenvalue weighted by Gasteiger charge is 2.24.